The average molecular weight is 406 g/mol. The summed E-state index contributed by atoms with van der Waals surface area (Å²) in [4.78, 5) is 25.5. The van der Waals surface area contributed by atoms with Gasteiger partial charge in [-0.3, -0.25) is 9.78 Å². The minimum atomic E-state index is -0.283. The van der Waals surface area contributed by atoms with Crippen LogP contribution in [0.1, 0.15) is 48.1 Å². The summed E-state index contributed by atoms with van der Waals surface area (Å²) in [6, 6.07) is 9.79. The molecule has 0 bridgehead atoms. The molecule has 1 fully saturated rings. The summed E-state index contributed by atoms with van der Waals surface area (Å²) in [5, 5.41) is 9.43. The highest BCUT2D eigenvalue weighted by Crippen LogP contribution is 2.24. The van der Waals surface area contributed by atoms with Crippen LogP contribution >= 0.6 is 0 Å². The Kier molecular flexibility index (Phi) is 5.83. The van der Waals surface area contributed by atoms with E-state index in [9.17, 15) is 9.18 Å². The number of aromatic nitrogens is 3. The van der Waals surface area contributed by atoms with Crippen LogP contribution in [0.5, 0.6) is 0 Å². The lowest BCUT2D eigenvalue weighted by molar-refractivity contribution is 0.0917. The fourth-order valence-electron chi connectivity index (χ4n) is 3.17. The number of hydrogen-bond donors (Lipinski definition) is 3. The lowest BCUT2D eigenvalue weighted by atomic mass is 9.93. The Morgan fingerprint density at radius 3 is 2.53 bits per heavy atom. The number of amides is 1. The van der Waals surface area contributed by atoms with Crippen molar-refractivity contribution in [2.24, 2.45) is 0 Å². The third kappa shape index (κ3) is 4.89. The topological polar surface area (TPSA) is 91.8 Å². The number of anilines is 3. The van der Waals surface area contributed by atoms with Gasteiger partial charge in [-0.15, -0.1) is 0 Å². The van der Waals surface area contributed by atoms with E-state index < -0.39 is 0 Å². The van der Waals surface area contributed by atoms with E-state index in [-0.39, 0.29) is 23.8 Å². The molecule has 1 aromatic carbocycles. The van der Waals surface area contributed by atoms with Gasteiger partial charge in [0.15, 0.2) is 0 Å². The van der Waals surface area contributed by atoms with Crippen molar-refractivity contribution in [2.45, 2.75) is 38.3 Å². The van der Waals surface area contributed by atoms with Gasteiger partial charge in [-0.05, 0) is 56.0 Å². The maximum absolute atomic E-state index is 13.2. The third-order valence-electron chi connectivity index (χ3n) is 5.08. The van der Waals surface area contributed by atoms with Crippen LogP contribution in [0.4, 0.5) is 21.8 Å². The van der Waals surface area contributed by atoms with Crippen LogP contribution < -0.4 is 16.0 Å². The molecule has 1 amide bonds. The van der Waals surface area contributed by atoms with Gasteiger partial charge in [0.05, 0.1) is 6.20 Å². The predicted octanol–water partition coefficient (Wildman–Crippen LogP) is 4.21. The molecule has 1 atom stereocenters. The first-order valence-corrected chi connectivity index (χ1v) is 9.95. The highest BCUT2D eigenvalue weighted by atomic mass is 19.1. The summed E-state index contributed by atoms with van der Waals surface area (Å²) >= 11 is 0. The number of hydrogen-bond acceptors (Lipinski definition) is 6. The van der Waals surface area contributed by atoms with Crippen molar-refractivity contribution < 1.29 is 9.18 Å². The molecule has 2 aromatic heterocycles. The Balaban J connectivity index is 1.58. The SMILES string of the molecule is C[C@H](Nc1cc(C(=O)NC2CCC2)cc(Nc2cnccn2)n1)c1ccc(F)cc1. The van der Waals surface area contributed by atoms with Crippen molar-refractivity contribution in [3.8, 4) is 0 Å². The largest absolute Gasteiger partial charge is 0.363 e. The van der Waals surface area contributed by atoms with Crippen LogP contribution in [0.3, 0.4) is 0 Å². The molecule has 3 aromatic rings. The average Bonchev–Trinajstić information content (AvgIpc) is 2.71. The van der Waals surface area contributed by atoms with Crippen LogP contribution in [0.15, 0.2) is 55.0 Å². The number of carbonyl (C=O) groups is 1. The van der Waals surface area contributed by atoms with Gasteiger partial charge in [0.2, 0.25) is 0 Å². The first kappa shape index (κ1) is 19.8. The van der Waals surface area contributed by atoms with Crippen molar-refractivity contribution in [2.75, 3.05) is 10.6 Å². The van der Waals surface area contributed by atoms with Gasteiger partial charge in [0.1, 0.15) is 23.3 Å². The van der Waals surface area contributed by atoms with E-state index in [1.54, 1.807) is 42.9 Å². The normalized spacial score (nSPS) is 14.5. The van der Waals surface area contributed by atoms with E-state index in [0.717, 1.165) is 24.8 Å². The molecular formula is C22H23FN6O. The van der Waals surface area contributed by atoms with Gasteiger partial charge >= 0.3 is 0 Å². The number of carbonyl (C=O) groups excluding carboxylic acids is 1. The summed E-state index contributed by atoms with van der Waals surface area (Å²) in [7, 11) is 0. The highest BCUT2D eigenvalue weighted by molar-refractivity contribution is 5.96. The maximum atomic E-state index is 13.2. The summed E-state index contributed by atoms with van der Waals surface area (Å²) in [6.45, 7) is 1.95. The van der Waals surface area contributed by atoms with E-state index in [1.165, 1.54) is 12.1 Å². The number of rotatable bonds is 7. The van der Waals surface area contributed by atoms with Gasteiger partial charge in [-0.1, -0.05) is 12.1 Å². The van der Waals surface area contributed by atoms with Crippen molar-refractivity contribution >= 4 is 23.4 Å². The molecule has 4 rings (SSSR count). The third-order valence-corrected chi connectivity index (χ3v) is 5.08. The standard InChI is InChI=1S/C22H23FN6O/c1-14(15-5-7-17(23)8-6-15)26-19-11-16(22(30)27-18-3-2-4-18)12-20(28-19)29-21-13-24-9-10-25-21/h5-14,18H,2-4H2,1H3,(H,27,30)(H2,25,26,28,29)/t14-/m0/s1. The first-order valence-electron chi connectivity index (χ1n) is 9.95. The molecule has 7 nitrogen and oxygen atoms in total. The van der Waals surface area contributed by atoms with Gasteiger partial charge in [-0.2, -0.15) is 0 Å². The minimum Gasteiger partial charge on any atom is -0.363 e. The van der Waals surface area contributed by atoms with Gasteiger partial charge in [0.25, 0.3) is 5.91 Å². The van der Waals surface area contributed by atoms with E-state index in [2.05, 4.69) is 30.9 Å². The van der Waals surface area contributed by atoms with Crippen molar-refractivity contribution in [1.82, 2.24) is 20.3 Å². The second kappa shape index (κ2) is 8.86. The summed E-state index contributed by atoms with van der Waals surface area (Å²) in [5.41, 5.74) is 1.41. The zero-order valence-corrected chi connectivity index (χ0v) is 16.6. The molecule has 2 heterocycles. The molecule has 1 saturated carbocycles. The predicted molar refractivity (Wildman–Crippen MR) is 113 cm³/mol. The molecule has 0 aliphatic heterocycles. The highest BCUT2D eigenvalue weighted by Gasteiger charge is 2.21. The summed E-state index contributed by atoms with van der Waals surface area (Å²) in [6.07, 6.45) is 7.89. The lowest BCUT2D eigenvalue weighted by Crippen LogP contribution is -2.39. The molecule has 0 radical (unpaired) electrons. The summed E-state index contributed by atoms with van der Waals surface area (Å²) in [5.74, 6) is 1.11. The summed E-state index contributed by atoms with van der Waals surface area (Å²) < 4.78 is 13.2. The molecular weight excluding hydrogens is 383 g/mol. The Labute approximate surface area is 174 Å². The molecule has 0 unspecified atom stereocenters. The Morgan fingerprint density at radius 2 is 1.87 bits per heavy atom. The number of nitrogens with one attached hydrogen (secondary N) is 3. The Hall–Kier alpha value is -3.55. The molecule has 0 saturated heterocycles. The number of benzene rings is 1. The number of nitrogens with zero attached hydrogens (tertiary/aromatic N) is 3. The number of pyridine rings is 1. The van der Waals surface area contributed by atoms with Crippen LogP contribution in [-0.4, -0.2) is 26.9 Å². The molecule has 30 heavy (non-hydrogen) atoms. The van der Waals surface area contributed by atoms with Crippen molar-refractivity contribution in [1.29, 1.82) is 0 Å². The van der Waals surface area contributed by atoms with Crippen LogP contribution in [-0.2, 0) is 0 Å². The molecule has 0 spiro atoms. The van der Waals surface area contributed by atoms with E-state index in [1.807, 2.05) is 6.92 Å². The fourth-order valence-corrected chi connectivity index (χ4v) is 3.17. The maximum Gasteiger partial charge on any atom is 0.251 e. The van der Waals surface area contributed by atoms with Gasteiger partial charge in [0, 0.05) is 30.0 Å². The molecule has 154 valence electrons. The Morgan fingerprint density at radius 1 is 1.10 bits per heavy atom. The Bertz CT molecular complexity index is 1010. The fraction of sp³-hybridized carbons (Fsp3) is 0.273. The zero-order chi connectivity index (χ0) is 20.9. The quantitative estimate of drug-likeness (QED) is 0.544. The van der Waals surface area contributed by atoms with Crippen LogP contribution in [0.25, 0.3) is 0 Å². The monoisotopic (exact) mass is 406 g/mol. The molecule has 3 N–H and O–H groups in total. The van der Waals surface area contributed by atoms with E-state index >= 15 is 0 Å². The molecule has 8 heteroatoms. The lowest BCUT2D eigenvalue weighted by Gasteiger charge is -2.26. The first-order chi connectivity index (χ1) is 14.6. The smallest absolute Gasteiger partial charge is 0.251 e. The van der Waals surface area contributed by atoms with Gasteiger partial charge in [-0.25, -0.2) is 14.4 Å². The number of halogens is 1. The van der Waals surface area contributed by atoms with E-state index in [4.69, 9.17) is 0 Å². The van der Waals surface area contributed by atoms with Crippen molar-refractivity contribution in [3.05, 3.63) is 71.9 Å². The molecule has 1 aliphatic carbocycles. The molecule has 1 aliphatic rings. The second-order valence-electron chi connectivity index (χ2n) is 7.36. The van der Waals surface area contributed by atoms with Crippen LogP contribution in [0, 0.1) is 5.82 Å². The second-order valence-corrected chi connectivity index (χ2v) is 7.36. The van der Waals surface area contributed by atoms with Crippen LogP contribution in [0.2, 0.25) is 0 Å². The van der Waals surface area contributed by atoms with E-state index in [0.29, 0.717) is 23.0 Å². The zero-order valence-electron chi connectivity index (χ0n) is 16.6. The minimum absolute atomic E-state index is 0.132. The van der Waals surface area contributed by atoms with Crippen molar-refractivity contribution in [3.63, 3.8) is 0 Å². The van der Waals surface area contributed by atoms with Gasteiger partial charge < -0.3 is 16.0 Å².